The molecule has 4 aromatic rings. The van der Waals surface area contributed by atoms with E-state index in [1.165, 1.54) is 17.1 Å². The van der Waals surface area contributed by atoms with E-state index in [1.54, 1.807) is 25.3 Å². The predicted molar refractivity (Wildman–Crippen MR) is 137 cm³/mol. The van der Waals surface area contributed by atoms with E-state index in [9.17, 15) is 9.90 Å². The number of hydrogen-bond donors (Lipinski definition) is 3. The van der Waals surface area contributed by atoms with Crippen molar-refractivity contribution in [3.05, 3.63) is 107 Å². The van der Waals surface area contributed by atoms with Crippen molar-refractivity contribution in [2.45, 2.75) is 19.3 Å². The summed E-state index contributed by atoms with van der Waals surface area (Å²) in [5.74, 6) is 0.766. The number of aliphatic hydroxyl groups is 1. The molecule has 4 rings (SSSR count). The number of anilines is 1. The third-order valence-corrected chi connectivity index (χ3v) is 5.46. The number of nitrogens with zero attached hydrogens (tertiary/aromatic N) is 3. The Bertz CT molecular complexity index is 1320. The number of hydrogen-bond acceptors (Lipinski definition) is 7. The normalized spacial score (nSPS) is 11.8. The standard InChI is InChI=1S/C27H27N5O4/c1-35-25-14-20(12-13-24(25)36-18-19-8-4-2-5-9-19)15-29-31-27(34)22-16-30-32(26(22)28)17-23(33)21-10-6-3-7-11-21/h2-16,23,33H,17-18,28H2,1H3,(H,31,34)/b29-15+. The number of amides is 1. The molecule has 36 heavy (non-hydrogen) atoms. The van der Waals surface area contributed by atoms with Crippen molar-refractivity contribution < 1.29 is 19.4 Å². The number of nitrogens with two attached hydrogens (primary N) is 1. The van der Waals surface area contributed by atoms with Gasteiger partial charge in [0, 0.05) is 0 Å². The zero-order chi connectivity index (χ0) is 25.3. The Balaban J connectivity index is 1.35. The molecule has 184 valence electrons. The number of carbonyl (C=O) groups excluding carboxylic acids is 1. The molecule has 9 nitrogen and oxygen atoms in total. The molecule has 0 bridgehead atoms. The summed E-state index contributed by atoms with van der Waals surface area (Å²) in [5, 5.41) is 18.5. The van der Waals surface area contributed by atoms with Crippen LogP contribution in [0.15, 0.2) is 90.2 Å². The molecule has 0 aliphatic rings. The van der Waals surface area contributed by atoms with Crippen LogP contribution in [0.3, 0.4) is 0 Å². The maximum atomic E-state index is 12.6. The van der Waals surface area contributed by atoms with Gasteiger partial charge in [0.1, 0.15) is 18.0 Å². The molecule has 0 aliphatic carbocycles. The summed E-state index contributed by atoms with van der Waals surface area (Å²) in [7, 11) is 1.56. The van der Waals surface area contributed by atoms with Gasteiger partial charge >= 0.3 is 0 Å². The highest BCUT2D eigenvalue weighted by molar-refractivity contribution is 5.98. The molecule has 1 amide bonds. The van der Waals surface area contributed by atoms with E-state index in [0.717, 1.165) is 11.1 Å². The second-order valence-corrected chi connectivity index (χ2v) is 7.94. The summed E-state index contributed by atoms with van der Waals surface area (Å²) in [6.45, 7) is 0.531. The summed E-state index contributed by atoms with van der Waals surface area (Å²) < 4.78 is 12.7. The van der Waals surface area contributed by atoms with Gasteiger partial charge in [-0.15, -0.1) is 0 Å². The van der Waals surface area contributed by atoms with Crippen LogP contribution in [0.1, 0.15) is 33.2 Å². The number of methoxy groups -OCH3 is 1. The SMILES string of the molecule is COc1cc(/C=N/NC(=O)c2cnn(CC(O)c3ccccc3)c2N)ccc1OCc1ccccc1. The van der Waals surface area contributed by atoms with Gasteiger partial charge in [0.05, 0.1) is 32.2 Å². The first-order valence-corrected chi connectivity index (χ1v) is 11.3. The minimum Gasteiger partial charge on any atom is -0.493 e. The van der Waals surface area contributed by atoms with Gasteiger partial charge in [-0.2, -0.15) is 10.2 Å². The van der Waals surface area contributed by atoms with Crippen molar-refractivity contribution in [2.75, 3.05) is 12.8 Å². The first kappa shape index (κ1) is 24.5. The average molecular weight is 486 g/mol. The van der Waals surface area contributed by atoms with Gasteiger partial charge in [-0.25, -0.2) is 10.1 Å². The Hall–Kier alpha value is -4.63. The minimum atomic E-state index is -0.808. The molecule has 3 aromatic carbocycles. The van der Waals surface area contributed by atoms with Crippen molar-refractivity contribution in [3.8, 4) is 11.5 Å². The molecule has 0 aliphatic heterocycles. The van der Waals surface area contributed by atoms with Gasteiger partial charge in [-0.05, 0) is 34.9 Å². The van der Waals surface area contributed by atoms with Crippen molar-refractivity contribution in [1.82, 2.24) is 15.2 Å². The fourth-order valence-corrected chi connectivity index (χ4v) is 3.50. The van der Waals surface area contributed by atoms with Gasteiger partial charge in [-0.3, -0.25) is 4.79 Å². The largest absolute Gasteiger partial charge is 0.493 e. The van der Waals surface area contributed by atoms with Gasteiger partial charge in [0.2, 0.25) is 0 Å². The van der Waals surface area contributed by atoms with E-state index < -0.39 is 12.0 Å². The van der Waals surface area contributed by atoms with E-state index in [4.69, 9.17) is 15.2 Å². The molecular weight excluding hydrogens is 458 g/mol. The molecule has 0 saturated carbocycles. The van der Waals surface area contributed by atoms with Gasteiger partial charge in [-0.1, -0.05) is 60.7 Å². The summed E-state index contributed by atoms with van der Waals surface area (Å²) in [4.78, 5) is 12.6. The van der Waals surface area contributed by atoms with Gasteiger partial charge < -0.3 is 20.3 Å². The Labute approximate surface area is 208 Å². The van der Waals surface area contributed by atoms with Crippen LogP contribution in [0.25, 0.3) is 0 Å². The average Bonchev–Trinajstić information content (AvgIpc) is 3.28. The maximum Gasteiger partial charge on any atom is 0.276 e. The van der Waals surface area contributed by atoms with Crippen LogP contribution in [0.5, 0.6) is 11.5 Å². The fourth-order valence-electron chi connectivity index (χ4n) is 3.50. The van der Waals surface area contributed by atoms with E-state index >= 15 is 0 Å². The first-order valence-electron chi connectivity index (χ1n) is 11.3. The molecule has 0 spiro atoms. The summed E-state index contributed by atoms with van der Waals surface area (Å²) in [6.07, 6.45) is 2.03. The molecule has 9 heteroatoms. The van der Waals surface area contributed by atoms with E-state index in [-0.39, 0.29) is 17.9 Å². The Morgan fingerprint density at radius 1 is 1.11 bits per heavy atom. The lowest BCUT2D eigenvalue weighted by molar-refractivity contribution is 0.0955. The summed E-state index contributed by atoms with van der Waals surface area (Å²) in [5.41, 5.74) is 11.2. The number of carbonyl (C=O) groups is 1. The monoisotopic (exact) mass is 485 g/mol. The second kappa shape index (κ2) is 11.7. The number of aromatic nitrogens is 2. The van der Waals surface area contributed by atoms with Crippen LogP contribution in [0, 0.1) is 0 Å². The number of benzene rings is 3. The van der Waals surface area contributed by atoms with Crippen LogP contribution in [-0.2, 0) is 13.2 Å². The van der Waals surface area contributed by atoms with Crippen molar-refractivity contribution >= 4 is 17.9 Å². The van der Waals surface area contributed by atoms with E-state index in [0.29, 0.717) is 23.7 Å². The van der Waals surface area contributed by atoms with E-state index in [1.807, 2.05) is 60.7 Å². The predicted octanol–water partition coefficient (Wildman–Crippen LogP) is 3.55. The fraction of sp³-hybridized carbons (Fsp3) is 0.148. The zero-order valence-electron chi connectivity index (χ0n) is 19.7. The second-order valence-electron chi connectivity index (χ2n) is 7.94. The number of nitrogens with one attached hydrogen (secondary N) is 1. The Morgan fingerprint density at radius 3 is 2.56 bits per heavy atom. The lowest BCUT2D eigenvalue weighted by Crippen LogP contribution is -2.19. The third-order valence-electron chi connectivity index (χ3n) is 5.46. The van der Waals surface area contributed by atoms with Crippen LogP contribution in [-0.4, -0.2) is 34.1 Å². The highest BCUT2D eigenvalue weighted by atomic mass is 16.5. The van der Waals surface area contributed by atoms with Crippen LogP contribution < -0.4 is 20.6 Å². The zero-order valence-corrected chi connectivity index (χ0v) is 19.7. The van der Waals surface area contributed by atoms with Crippen LogP contribution in [0.2, 0.25) is 0 Å². The Morgan fingerprint density at radius 2 is 1.83 bits per heavy atom. The highest BCUT2D eigenvalue weighted by Crippen LogP contribution is 2.28. The number of aliphatic hydroxyl groups excluding tert-OH is 1. The molecule has 0 radical (unpaired) electrons. The summed E-state index contributed by atoms with van der Waals surface area (Å²) in [6, 6.07) is 24.3. The molecule has 1 heterocycles. The number of rotatable bonds is 10. The number of ether oxygens (including phenoxy) is 2. The van der Waals surface area contributed by atoms with Crippen LogP contribution in [0.4, 0.5) is 5.82 Å². The van der Waals surface area contributed by atoms with Gasteiger partial charge in [0.25, 0.3) is 5.91 Å². The molecule has 1 unspecified atom stereocenters. The minimum absolute atomic E-state index is 0.116. The topological polar surface area (TPSA) is 124 Å². The molecule has 1 aromatic heterocycles. The lowest BCUT2D eigenvalue weighted by atomic mass is 10.1. The highest BCUT2D eigenvalue weighted by Gasteiger charge is 2.17. The molecule has 0 fully saturated rings. The van der Waals surface area contributed by atoms with Gasteiger partial charge in [0.15, 0.2) is 11.5 Å². The molecule has 0 saturated heterocycles. The number of nitrogen functional groups attached to an aromatic ring is 1. The quantitative estimate of drug-likeness (QED) is 0.233. The number of hydrazone groups is 1. The van der Waals surface area contributed by atoms with Crippen molar-refractivity contribution in [1.29, 1.82) is 0 Å². The van der Waals surface area contributed by atoms with Crippen LogP contribution >= 0.6 is 0 Å². The molecular formula is C27H27N5O4. The Kier molecular flexibility index (Phi) is 7.94. The summed E-state index contributed by atoms with van der Waals surface area (Å²) >= 11 is 0. The molecule has 1 atom stereocenters. The maximum absolute atomic E-state index is 12.6. The third kappa shape index (κ3) is 6.08. The molecule has 4 N–H and O–H groups in total. The van der Waals surface area contributed by atoms with Crippen molar-refractivity contribution in [2.24, 2.45) is 5.10 Å². The van der Waals surface area contributed by atoms with E-state index in [2.05, 4.69) is 15.6 Å². The smallest absolute Gasteiger partial charge is 0.276 e. The first-order chi connectivity index (χ1) is 17.5. The van der Waals surface area contributed by atoms with Crippen molar-refractivity contribution in [3.63, 3.8) is 0 Å². The lowest BCUT2D eigenvalue weighted by Gasteiger charge is -2.12.